The first-order valence-electron chi connectivity index (χ1n) is 14.4. The molecule has 0 fully saturated rings. The van der Waals surface area contributed by atoms with Crippen LogP contribution < -0.4 is 9.62 Å². The lowest BCUT2D eigenvalue weighted by Crippen LogP contribution is -2.53. The topological polar surface area (TPSA) is 86.8 Å². The van der Waals surface area contributed by atoms with Crippen LogP contribution in [0, 0.1) is 20.8 Å². The lowest BCUT2D eigenvalue weighted by Gasteiger charge is -2.33. The Morgan fingerprint density at radius 3 is 2.17 bits per heavy atom. The molecular weight excluding hydrogens is 534 g/mol. The Hall–Kier alpha value is -3.65. The molecule has 1 atom stereocenters. The minimum Gasteiger partial charge on any atom is -0.354 e. The molecule has 1 N–H and O–H groups in total. The van der Waals surface area contributed by atoms with E-state index in [1.54, 1.807) is 35.2 Å². The van der Waals surface area contributed by atoms with E-state index in [9.17, 15) is 18.0 Å². The van der Waals surface area contributed by atoms with Gasteiger partial charge in [-0.1, -0.05) is 80.4 Å². The molecule has 0 saturated heterocycles. The Balaban J connectivity index is 2.02. The van der Waals surface area contributed by atoms with Gasteiger partial charge in [0.05, 0.1) is 10.6 Å². The molecule has 3 rings (SSSR count). The number of aryl methyl sites for hydroxylation is 3. The Labute approximate surface area is 245 Å². The second-order valence-corrected chi connectivity index (χ2v) is 12.4. The van der Waals surface area contributed by atoms with Crippen molar-refractivity contribution in [3.63, 3.8) is 0 Å². The van der Waals surface area contributed by atoms with Crippen LogP contribution in [0.15, 0.2) is 77.7 Å². The fourth-order valence-electron chi connectivity index (χ4n) is 4.74. The number of carbonyl (C=O) groups is 2. The molecule has 0 aliphatic rings. The van der Waals surface area contributed by atoms with Crippen LogP contribution in [0.2, 0.25) is 0 Å². The van der Waals surface area contributed by atoms with Gasteiger partial charge < -0.3 is 10.2 Å². The number of rotatable bonds is 14. The van der Waals surface area contributed by atoms with E-state index in [-0.39, 0.29) is 17.3 Å². The van der Waals surface area contributed by atoms with Gasteiger partial charge in [0.2, 0.25) is 11.8 Å². The van der Waals surface area contributed by atoms with E-state index in [1.807, 2.05) is 70.2 Å². The van der Waals surface area contributed by atoms with E-state index in [0.29, 0.717) is 25.1 Å². The first-order chi connectivity index (χ1) is 19.6. The van der Waals surface area contributed by atoms with Crippen molar-refractivity contribution in [2.45, 2.75) is 71.2 Å². The number of anilines is 1. The van der Waals surface area contributed by atoms with Crippen LogP contribution in [0.3, 0.4) is 0 Å². The maximum absolute atomic E-state index is 14.2. The number of benzene rings is 3. The normalized spacial score (nSPS) is 12.0. The Morgan fingerprint density at radius 1 is 0.878 bits per heavy atom. The van der Waals surface area contributed by atoms with E-state index < -0.39 is 28.5 Å². The smallest absolute Gasteiger partial charge is 0.264 e. The average Bonchev–Trinajstić information content (AvgIpc) is 2.96. The van der Waals surface area contributed by atoms with Crippen molar-refractivity contribution < 1.29 is 18.0 Å². The van der Waals surface area contributed by atoms with Gasteiger partial charge in [-0.2, -0.15) is 0 Å². The maximum Gasteiger partial charge on any atom is 0.264 e. The molecule has 0 aromatic heterocycles. The fraction of sp³-hybridized carbons (Fsp3) is 0.394. The molecule has 0 spiro atoms. The Bertz CT molecular complexity index is 1410. The lowest BCUT2D eigenvalue weighted by atomic mass is 10.1. The van der Waals surface area contributed by atoms with E-state index in [4.69, 9.17) is 0 Å². The summed E-state index contributed by atoms with van der Waals surface area (Å²) in [5, 5.41) is 2.97. The van der Waals surface area contributed by atoms with Crippen molar-refractivity contribution in [1.29, 1.82) is 0 Å². The molecule has 0 saturated carbocycles. The Kier molecular flexibility index (Phi) is 11.5. The van der Waals surface area contributed by atoms with Crippen LogP contribution in [0.1, 0.15) is 55.4 Å². The van der Waals surface area contributed by atoms with Gasteiger partial charge in [0.15, 0.2) is 0 Å². The van der Waals surface area contributed by atoms with Crippen molar-refractivity contribution in [2.75, 3.05) is 23.9 Å². The zero-order chi connectivity index (χ0) is 30.0. The van der Waals surface area contributed by atoms with Crippen LogP contribution in [0.25, 0.3) is 0 Å². The van der Waals surface area contributed by atoms with Crippen molar-refractivity contribution in [3.8, 4) is 0 Å². The molecule has 0 aliphatic heterocycles. The second kappa shape index (κ2) is 14.8. The number of nitrogens with one attached hydrogen (secondary N) is 1. The third-order valence-electron chi connectivity index (χ3n) is 7.22. The summed E-state index contributed by atoms with van der Waals surface area (Å²) in [5.41, 5.74) is 4.03. The van der Waals surface area contributed by atoms with Gasteiger partial charge in [-0.15, -0.1) is 0 Å². The third kappa shape index (κ3) is 8.43. The Morgan fingerprint density at radius 2 is 1.54 bits per heavy atom. The van der Waals surface area contributed by atoms with E-state index in [0.717, 1.165) is 35.1 Å². The summed E-state index contributed by atoms with van der Waals surface area (Å²) in [6.07, 6.45) is 2.73. The molecular formula is C33H43N3O4S. The molecule has 3 aromatic carbocycles. The molecule has 0 radical (unpaired) electrons. The number of sulfonamides is 1. The van der Waals surface area contributed by atoms with Gasteiger partial charge in [-0.3, -0.25) is 13.9 Å². The second-order valence-electron chi connectivity index (χ2n) is 10.5. The lowest BCUT2D eigenvalue weighted by molar-refractivity contribution is -0.139. The van der Waals surface area contributed by atoms with E-state index in [1.165, 1.54) is 4.31 Å². The molecule has 0 bridgehead atoms. The number of hydrogen-bond donors (Lipinski definition) is 1. The predicted octanol–water partition coefficient (Wildman–Crippen LogP) is 5.57. The van der Waals surface area contributed by atoms with Gasteiger partial charge in [0, 0.05) is 13.1 Å². The highest BCUT2D eigenvalue weighted by atomic mass is 32.2. The van der Waals surface area contributed by atoms with Gasteiger partial charge in [-0.25, -0.2) is 8.42 Å². The minimum atomic E-state index is -4.09. The van der Waals surface area contributed by atoms with Crippen LogP contribution >= 0.6 is 0 Å². The molecule has 0 unspecified atom stereocenters. The first kappa shape index (κ1) is 31.9. The van der Waals surface area contributed by atoms with E-state index >= 15 is 0 Å². The van der Waals surface area contributed by atoms with E-state index in [2.05, 4.69) is 12.2 Å². The zero-order valence-electron chi connectivity index (χ0n) is 24.9. The van der Waals surface area contributed by atoms with Gasteiger partial charge in [-0.05, 0) is 74.9 Å². The highest BCUT2D eigenvalue weighted by Gasteiger charge is 2.34. The van der Waals surface area contributed by atoms with Crippen molar-refractivity contribution in [2.24, 2.45) is 0 Å². The van der Waals surface area contributed by atoms with Crippen LogP contribution in [-0.2, 0) is 26.0 Å². The minimum absolute atomic E-state index is 0.108. The highest BCUT2D eigenvalue weighted by molar-refractivity contribution is 7.92. The van der Waals surface area contributed by atoms with Gasteiger partial charge in [0.1, 0.15) is 12.6 Å². The number of carbonyl (C=O) groups excluding carboxylic acids is 2. The van der Waals surface area contributed by atoms with Crippen molar-refractivity contribution in [1.82, 2.24) is 10.2 Å². The largest absolute Gasteiger partial charge is 0.354 e. The summed E-state index contributed by atoms with van der Waals surface area (Å²) in [4.78, 5) is 29.1. The molecule has 220 valence electrons. The van der Waals surface area contributed by atoms with Crippen LogP contribution in [-0.4, -0.2) is 50.8 Å². The van der Waals surface area contributed by atoms with Gasteiger partial charge >= 0.3 is 0 Å². The number of hydrogen-bond acceptors (Lipinski definition) is 4. The summed E-state index contributed by atoms with van der Waals surface area (Å²) < 4.78 is 29.3. The zero-order valence-corrected chi connectivity index (χ0v) is 25.7. The fourth-order valence-corrected chi connectivity index (χ4v) is 6.21. The molecule has 0 heterocycles. The molecule has 41 heavy (non-hydrogen) atoms. The maximum atomic E-state index is 14.2. The van der Waals surface area contributed by atoms with Crippen molar-refractivity contribution >= 4 is 27.5 Å². The average molecular weight is 578 g/mol. The van der Waals surface area contributed by atoms with Crippen LogP contribution in [0.4, 0.5) is 5.69 Å². The molecule has 8 heteroatoms. The highest BCUT2D eigenvalue weighted by Crippen LogP contribution is 2.28. The number of nitrogens with zero attached hydrogens (tertiary/aromatic N) is 2. The van der Waals surface area contributed by atoms with Gasteiger partial charge in [0.25, 0.3) is 10.0 Å². The number of amides is 2. The van der Waals surface area contributed by atoms with Crippen LogP contribution in [0.5, 0.6) is 0 Å². The standard InChI is InChI=1S/C33H43N3O4S/c1-6-8-21-34-33(38)30(7-2)35(22-20-28-12-10-9-11-13-28)32(37)24-36(31-23-26(4)14-17-27(31)5)41(39,40)29-18-15-25(3)16-19-29/h9-19,23,30H,6-8,20-22,24H2,1-5H3,(H,34,38)/t30-/m0/s1. The molecule has 7 nitrogen and oxygen atoms in total. The summed E-state index contributed by atoms with van der Waals surface area (Å²) in [7, 11) is -4.09. The summed E-state index contributed by atoms with van der Waals surface area (Å²) in [5.74, 6) is -0.642. The monoisotopic (exact) mass is 577 g/mol. The predicted molar refractivity (Wildman–Crippen MR) is 165 cm³/mol. The first-order valence-corrected chi connectivity index (χ1v) is 15.8. The summed E-state index contributed by atoms with van der Waals surface area (Å²) in [6.45, 7) is 9.93. The molecule has 2 amide bonds. The molecule has 0 aliphatic carbocycles. The quantitative estimate of drug-likeness (QED) is 0.254. The number of unbranched alkanes of at least 4 members (excludes halogenated alkanes) is 1. The third-order valence-corrected chi connectivity index (χ3v) is 8.99. The SMILES string of the molecule is CCCCNC(=O)[C@H](CC)N(CCc1ccccc1)C(=O)CN(c1cc(C)ccc1C)S(=O)(=O)c1ccc(C)cc1. The molecule has 3 aromatic rings. The van der Waals surface area contributed by atoms with Crippen molar-refractivity contribution in [3.05, 3.63) is 95.1 Å². The summed E-state index contributed by atoms with van der Waals surface area (Å²) >= 11 is 0. The summed E-state index contributed by atoms with van der Waals surface area (Å²) in [6, 6.07) is 21.2.